The zero-order valence-electron chi connectivity index (χ0n) is 14.7. The fourth-order valence-corrected chi connectivity index (χ4v) is 3.82. The summed E-state index contributed by atoms with van der Waals surface area (Å²) in [7, 11) is 0. The number of rotatable bonds is 3. The predicted molar refractivity (Wildman–Crippen MR) is 92.4 cm³/mol. The maximum absolute atomic E-state index is 13.1. The number of carbonyl (C=O) groups is 2. The topological polar surface area (TPSA) is 62.7 Å². The normalized spacial score (nSPS) is 23.8. The molecule has 0 radical (unpaired) electrons. The first-order valence-corrected chi connectivity index (χ1v) is 9.29. The molecule has 0 aromatic carbocycles. The van der Waals surface area contributed by atoms with E-state index in [2.05, 4.69) is 4.98 Å². The van der Waals surface area contributed by atoms with Crippen LogP contribution >= 0.6 is 0 Å². The Morgan fingerprint density at radius 2 is 1.92 bits per heavy atom. The van der Waals surface area contributed by atoms with Gasteiger partial charge in [0, 0.05) is 37.4 Å². The van der Waals surface area contributed by atoms with Gasteiger partial charge in [-0.2, -0.15) is 0 Å². The fraction of sp³-hybridized carbons (Fsp3) is 0.632. The average molecular weight is 343 g/mol. The molecule has 1 aromatic rings. The molecule has 4 rings (SSSR count). The first kappa shape index (κ1) is 16.5. The third-order valence-electron chi connectivity index (χ3n) is 5.48. The van der Waals surface area contributed by atoms with Crippen LogP contribution in [0.2, 0.25) is 0 Å². The van der Waals surface area contributed by atoms with Gasteiger partial charge >= 0.3 is 0 Å². The van der Waals surface area contributed by atoms with E-state index in [0.717, 1.165) is 24.1 Å². The summed E-state index contributed by atoms with van der Waals surface area (Å²) in [5.41, 5.74) is 2.69. The molecule has 1 saturated carbocycles. The van der Waals surface area contributed by atoms with Crippen molar-refractivity contribution >= 4 is 11.8 Å². The Morgan fingerprint density at radius 3 is 2.60 bits per heavy atom. The molecule has 0 N–H and O–H groups in total. The molecule has 1 aromatic heterocycles. The van der Waals surface area contributed by atoms with Crippen molar-refractivity contribution in [3.05, 3.63) is 29.1 Å². The summed E-state index contributed by atoms with van der Waals surface area (Å²) < 4.78 is 5.32. The van der Waals surface area contributed by atoms with Crippen molar-refractivity contribution in [2.24, 2.45) is 0 Å². The Morgan fingerprint density at radius 1 is 1.16 bits per heavy atom. The van der Waals surface area contributed by atoms with Crippen molar-refractivity contribution in [3.8, 4) is 0 Å². The summed E-state index contributed by atoms with van der Waals surface area (Å²) >= 11 is 0. The molecule has 2 amide bonds. The number of morpholine rings is 1. The molecule has 1 aliphatic carbocycles. The van der Waals surface area contributed by atoms with Crippen LogP contribution in [0.1, 0.15) is 53.2 Å². The lowest BCUT2D eigenvalue weighted by Crippen LogP contribution is -2.51. The average Bonchev–Trinajstić information content (AvgIpc) is 3.38. The number of nitrogens with zero attached hydrogens (tertiary/aromatic N) is 3. The third-order valence-corrected chi connectivity index (χ3v) is 5.48. The van der Waals surface area contributed by atoms with Crippen LogP contribution in [0, 0.1) is 6.92 Å². The second-order valence-electron chi connectivity index (χ2n) is 7.29. The van der Waals surface area contributed by atoms with Gasteiger partial charge in [-0.05, 0) is 44.2 Å². The van der Waals surface area contributed by atoms with E-state index >= 15 is 0 Å². The van der Waals surface area contributed by atoms with Gasteiger partial charge in [0.25, 0.3) is 5.91 Å². The molecule has 2 saturated heterocycles. The van der Waals surface area contributed by atoms with Crippen molar-refractivity contribution in [2.75, 3.05) is 32.8 Å². The van der Waals surface area contributed by atoms with Crippen LogP contribution in [0.3, 0.4) is 0 Å². The second kappa shape index (κ2) is 6.75. The van der Waals surface area contributed by atoms with Gasteiger partial charge < -0.3 is 14.5 Å². The summed E-state index contributed by atoms with van der Waals surface area (Å²) in [4.78, 5) is 34.0. The van der Waals surface area contributed by atoms with Crippen molar-refractivity contribution in [1.82, 2.24) is 14.8 Å². The van der Waals surface area contributed by atoms with Gasteiger partial charge in [-0.25, -0.2) is 0 Å². The lowest BCUT2D eigenvalue weighted by molar-refractivity contribution is -0.139. The van der Waals surface area contributed by atoms with E-state index in [1.807, 2.05) is 17.9 Å². The van der Waals surface area contributed by atoms with E-state index in [-0.39, 0.29) is 17.9 Å². The van der Waals surface area contributed by atoms with Crippen molar-refractivity contribution in [2.45, 2.75) is 44.6 Å². The number of likely N-dealkylation sites (tertiary alicyclic amines) is 1. The second-order valence-corrected chi connectivity index (χ2v) is 7.29. The van der Waals surface area contributed by atoms with Gasteiger partial charge in [-0.15, -0.1) is 0 Å². The molecule has 3 fully saturated rings. The molecule has 0 bridgehead atoms. The van der Waals surface area contributed by atoms with Gasteiger partial charge in [0.1, 0.15) is 6.04 Å². The number of ether oxygens (including phenoxy) is 1. The number of carbonyl (C=O) groups excluding carboxylic acids is 2. The van der Waals surface area contributed by atoms with Crippen LogP contribution in [-0.2, 0) is 9.53 Å². The minimum Gasteiger partial charge on any atom is -0.378 e. The van der Waals surface area contributed by atoms with Crippen molar-refractivity contribution in [3.63, 3.8) is 0 Å². The quantitative estimate of drug-likeness (QED) is 0.838. The van der Waals surface area contributed by atoms with E-state index < -0.39 is 0 Å². The number of hydrogen-bond acceptors (Lipinski definition) is 4. The molecular weight excluding hydrogens is 318 g/mol. The van der Waals surface area contributed by atoms with Crippen LogP contribution in [0.4, 0.5) is 0 Å². The fourth-order valence-electron chi connectivity index (χ4n) is 3.82. The molecule has 25 heavy (non-hydrogen) atoms. The van der Waals surface area contributed by atoms with Gasteiger partial charge in [0.2, 0.25) is 5.91 Å². The number of aromatic nitrogens is 1. The molecule has 134 valence electrons. The van der Waals surface area contributed by atoms with E-state index in [1.54, 1.807) is 11.1 Å². The summed E-state index contributed by atoms with van der Waals surface area (Å²) in [5, 5.41) is 0. The Balaban J connectivity index is 1.51. The highest BCUT2D eigenvalue weighted by molar-refractivity contribution is 5.98. The van der Waals surface area contributed by atoms with Crippen LogP contribution in [0.15, 0.2) is 12.3 Å². The first-order valence-electron chi connectivity index (χ1n) is 9.29. The summed E-state index contributed by atoms with van der Waals surface area (Å²) in [5.74, 6) is 0.580. The minimum atomic E-state index is -0.340. The highest BCUT2D eigenvalue weighted by Crippen LogP contribution is 2.39. The number of hydrogen-bond donors (Lipinski definition) is 0. The molecule has 0 spiro atoms. The maximum Gasteiger partial charge on any atom is 0.256 e. The molecule has 2 aliphatic heterocycles. The Bertz CT molecular complexity index is 680. The predicted octanol–water partition coefficient (Wildman–Crippen LogP) is 1.73. The van der Waals surface area contributed by atoms with Gasteiger partial charge in [0.15, 0.2) is 0 Å². The van der Waals surface area contributed by atoms with Crippen molar-refractivity contribution in [1.29, 1.82) is 0 Å². The summed E-state index contributed by atoms with van der Waals surface area (Å²) in [6.45, 7) is 5.01. The van der Waals surface area contributed by atoms with Gasteiger partial charge in [-0.3, -0.25) is 14.6 Å². The first-order chi connectivity index (χ1) is 12.1. The smallest absolute Gasteiger partial charge is 0.256 e. The lowest BCUT2D eigenvalue weighted by atomic mass is 10.1. The van der Waals surface area contributed by atoms with Crippen LogP contribution in [0.5, 0.6) is 0 Å². The summed E-state index contributed by atoms with van der Waals surface area (Å²) in [6.07, 6.45) is 5.72. The standard InChI is InChI=1S/C19H25N3O3/c1-13-11-16(14-4-5-14)20-12-15(13)18(23)22-6-2-3-17(22)19(24)21-7-9-25-10-8-21/h11-12,14,17H,2-10H2,1H3/t17-/m1/s1. The Kier molecular flexibility index (Phi) is 4.46. The largest absolute Gasteiger partial charge is 0.378 e. The van der Waals surface area contributed by atoms with E-state index in [9.17, 15) is 9.59 Å². The lowest BCUT2D eigenvalue weighted by Gasteiger charge is -2.32. The number of aryl methyl sites for hydroxylation is 1. The molecular formula is C19H25N3O3. The zero-order chi connectivity index (χ0) is 17.4. The molecule has 6 heteroatoms. The third kappa shape index (κ3) is 3.27. The maximum atomic E-state index is 13.1. The molecule has 3 heterocycles. The molecule has 3 aliphatic rings. The Labute approximate surface area is 148 Å². The SMILES string of the molecule is Cc1cc(C2CC2)ncc1C(=O)N1CCC[C@@H]1C(=O)N1CCOCC1. The van der Waals surface area contributed by atoms with E-state index in [4.69, 9.17) is 4.74 Å². The number of amides is 2. The molecule has 1 atom stereocenters. The molecule has 0 unspecified atom stereocenters. The van der Waals surface area contributed by atoms with Gasteiger partial charge in [-0.1, -0.05) is 0 Å². The Hall–Kier alpha value is -1.95. The van der Waals surface area contributed by atoms with Crippen molar-refractivity contribution < 1.29 is 14.3 Å². The van der Waals surface area contributed by atoms with Crippen LogP contribution in [0.25, 0.3) is 0 Å². The number of pyridine rings is 1. The van der Waals surface area contributed by atoms with E-state index in [1.165, 1.54) is 12.8 Å². The monoisotopic (exact) mass is 343 g/mol. The molecule has 6 nitrogen and oxygen atoms in total. The highest BCUT2D eigenvalue weighted by Gasteiger charge is 2.38. The highest BCUT2D eigenvalue weighted by atomic mass is 16.5. The zero-order valence-corrected chi connectivity index (χ0v) is 14.7. The summed E-state index contributed by atoms with van der Waals surface area (Å²) in [6, 6.07) is 1.70. The minimum absolute atomic E-state index is 0.0588. The van der Waals surface area contributed by atoms with Crippen LogP contribution in [-0.4, -0.2) is 65.5 Å². The van der Waals surface area contributed by atoms with E-state index in [0.29, 0.717) is 44.3 Å². The van der Waals surface area contributed by atoms with Gasteiger partial charge in [0.05, 0.1) is 18.8 Å². The van der Waals surface area contributed by atoms with Crippen LogP contribution < -0.4 is 0 Å².